The second-order valence-electron chi connectivity index (χ2n) is 3.72. The molecule has 2 rings (SSSR count). The summed E-state index contributed by atoms with van der Waals surface area (Å²) in [6, 6.07) is 3.40. The summed E-state index contributed by atoms with van der Waals surface area (Å²) in [5, 5.41) is 21.7. The van der Waals surface area contributed by atoms with E-state index < -0.39 is 4.92 Å². The summed E-state index contributed by atoms with van der Waals surface area (Å²) in [7, 11) is 0. The van der Waals surface area contributed by atoms with Gasteiger partial charge in [-0.05, 0) is 11.8 Å². The molecule has 100 valence electrons. The van der Waals surface area contributed by atoms with Gasteiger partial charge in [-0.1, -0.05) is 0 Å². The standard InChI is InChI=1S/C11H12N4O3S/c1-2-14-10(12-7-11(14)15(17)18)8-19-9-3-5-13(16)6-4-9/h3-7H,2,8H2,1H3. The van der Waals surface area contributed by atoms with Gasteiger partial charge in [-0.15, -0.1) is 11.8 Å². The van der Waals surface area contributed by atoms with Gasteiger partial charge >= 0.3 is 5.82 Å². The number of imidazole rings is 1. The van der Waals surface area contributed by atoms with Gasteiger partial charge in [-0.3, -0.25) is 0 Å². The first-order valence-corrected chi connectivity index (χ1v) is 6.60. The fraction of sp³-hybridized carbons (Fsp3) is 0.273. The van der Waals surface area contributed by atoms with Crippen LogP contribution in [0.15, 0.2) is 35.6 Å². The number of hydrogen-bond donors (Lipinski definition) is 0. The number of nitrogens with zero attached hydrogens (tertiary/aromatic N) is 4. The summed E-state index contributed by atoms with van der Waals surface area (Å²) >= 11 is 1.48. The van der Waals surface area contributed by atoms with Crippen molar-refractivity contribution < 1.29 is 9.65 Å². The third-order valence-electron chi connectivity index (χ3n) is 2.56. The summed E-state index contributed by atoms with van der Waals surface area (Å²) in [4.78, 5) is 15.4. The summed E-state index contributed by atoms with van der Waals surface area (Å²) in [6.45, 7) is 2.34. The number of pyridine rings is 1. The maximum absolute atomic E-state index is 10.9. The largest absolute Gasteiger partial charge is 0.619 e. The van der Waals surface area contributed by atoms with Crippen molar-refractivity contribution in [3.05, 3.63) is 51.9 Å². The highest BCUT2D eigenvalue weighted by Crippen LogP contribution is 2.23. The van der Waals surface area contributed by atoms with Gasteiger partial charge in [0.25, 0.3) is 0 Å². The zero-order valence-corrected chi connectivity index (χ0v) is 11.0. The topological polar surface area (TPSA) is 87.9 Å². The normalized spacial score (nSPS) is 10.6. The molecule has 0 amide bonds. The molecule has 0 aliphatic carbocycles. The average Bonchev–Trinajstić information content (AvgIpc) is 2.81. The number of thioether (sulfide) groups is 1. The first-order chi connectivity index (χ1) is 9.11. The van der Waals surface area contributed by atoms with E-state index in [4.69, 9.17) is 0 Å². The predicted octanol–water partition coefficient (Wildman–Crippen LogP) is 1.74. The van der Waals surface area contributed by atoms with E-state index in [1.807, 2.05) is 6.92 Å². The van der Waals surface area contributed by atoms with Crippen molar-refractivity contribution in [3.63, 3.8) is 0 Å². The fourth-order valence-corrected chi connectivity index (χ4v) is 2.49. The second kappa shape index (κ2) is 5.70. The van der Waals surface area contributed by atoms with Gasteiger partial charge in [-0.2, -0.15) is 4.73 Å². The third kappa shape index (κ3) is 3.02. The molecule has 0 aliphatic rings. The molecule has 2 aromatic rings. The Morgan fingerprint density at radius 3 is 2.74 bits per heavy atom. The molecule has 0 radical (unpaired) electrons. The van der Waals surface area contributed by atoms with Crippen molar-refractivity contribution in [1.29, 1.82) is 0 Å². The molecule has 0 saturated carbocycles. The Labute approximate surface area is 113 Å². The van der Waals surface area contributed by atoms with Crippen LogP contribution in [0.3, 0.4) is 0 Å². The molecular weight excluding hydrogens is 268 g/mol. The van der Waals surface area contributed by atoms with Gasteiger partial charge in [0.15, 0.2) is 12.4 Å². The number of nitro groups is 1. The van der Waals surface area contributed by atoms with E-state index in [1.165, 1.54) is 30.4 Å². The van der Waals surface area contributed by atoms with Crippen LogP contribution >= 0.6 is 11.8 Å². The first kappa shape index (κ1) is 13.3. The lowest BCUT2D eigenvalue weighted by atomic mass is 10.5. The molecule has 0 bridgehead atoms. The summed E-state index contributed by atoms with van der Waals surface area (Å²) < 4.78 is 2.28. The molecule has 0 unspecified atom stereocenters. The van der Waals surface area contributed by atoms with Crippen molar-refractivity contribution in [3.8, 4) is 0 Å². The van der Waals surface area contributed by atoms with Crippen LogP contribution < -0.4 is 4.73 Å². The Balaban J connectivity index is 2.11. The second-order valence-corrected chi connectivity index (χ2v) is 4.77. The highest BCUT2D eigenvalue weighted by Gasteiger charge is 2.18. The number of aromatic nitrogens is 3. The van der Waals surface area contributed by atoms with Crippen LogP contribution in [-0.4, -0.2) is 14.5 Å². The van der Waals surface area contributed by atoms with E-state index in [1.54, 1.807) is 16.7 Å². The highest BCUT2D eigenvalue weighted by atomic mass is 32.2. The third-order valence-corrected chi connectivity index (χ3v) is 3.57. The zero-order valence-electron chi connectivity index (χ0n) is 10.2. The highest BCUT2D eigenvalue weighted by molar-refractivity contribution is 7.98. The minimum absolute atomic E-state index is 0.00330. The molecule has 0 N–H and O–H groups in total. The monoisotopic (exact) mass is 280 g/mol. The lowest BCUT2D eigenvalue weighted by molar-refractivity contribution is -0.605. The van der Waals surface area contributed by atoms with Crippen LogP contribution in [-0.2, 0) is 12.3 Å². The minimum atomic E-state index is -0.437. The smallest absolute Gasteiger partial charge is 0.342 e. The molecule has 0 atom stereocenters. The van der Waals surface area contributed by atoms with Crippen LogP contribution in [0.25, 0.3) is 0 Å². The van der Waals surface area contributed by atoms with E-state index >= 15 is 0 Å². The fourth-order valence-electron chi connectivity index (χ4n) is 1.65. The van der Waals surface area contributed by atoms with Crippen LogP contribution in [0.1, 0.15) is 12.7 Å². The first-order valence-electron chi connectivity index (χ1n) is 5.62. The number of hydrogen-bond acceptors (Lipinski definition) is 5. The molecule has 0 fully saturated rings. The van der Waals surface area contributed by atoms with E-state index in [2.05, 4.69) is 4.98 Å². The molecule has 8 heteroatoms. The molecule has 0 aliphatic heterocycles. The van der Waals surface area contributed by atoms with Gasteiger partial charge in [0.2, 0.25) is 5.82 Å². The van der Waals surface area contributed by atoms with Gasteiger partial charge in [-0.25, -0.2) is 9.55 Å². The van der Waals surface area contributed by atoms with Gasteiger partial charge < -0.3 is 15.3 Å². The van der Waals surface area contributed by atoms with Crippen LogP contribution in [0.2, 0.25) is 0 Å². The average molecular weight is 280 g/mol. The van der Waals surface area contributed by atoms with Crippen molar-refractivity contribution in [1.82, 2.24) is 9.55 Å². The van der Waals surface area contributed by atoms with E-state index in [-0.39, 0.29) is 5.82 Å². The summed E-state index contributed by atoms with van der Waals surface area (Å²) in [5.41, 5.74) is 0. The van der Waals surface area contributed by atoms with Crippen LogP contribution in [0.5, 0.6) is 0 Å². The zero-order chi connectivity index (χ0) is 13.8. The molecule has 2 heterocycles. The van der Waals surface area contributed by atoms with Gasteiger partial charge in [0, 0.05) is 17.0 Å². The molecule has 0 saturated heterocycles. The van der Waals surface area contributed by atoms with Crippen molar-refractivity contribution in [2.75, 3.05) is 0 Å². The Morgan fingerprint density at radius 1 is 1.47 bits per heavy atom. The SMILES string of the molecule is CCn1c([N+](=O)[O-])cnc1CSc1cc[n+]([O-])cc1. The molecule has 7 nitrogen and oxygen atoms in total. The van der Waals surface area contributed by atoms with Crippen molar-refractivity contribution in [2.24, 2.45) is 0 Å². The van der Waals surface area contributed by atoms with Crippen molar-refractivity contribution >= 4 is 17.6 Å². The summed E-state index contributed by atoms with van der Waals surface area (Å²) in [6.07, 6.45) is 4.10. The molecule has 0 spiro atoms. The Bertz CT molecular complexity index is 582. The van der Waals surface area contributed by atoms with Crippen LogP contribution in [0.4, 0.5) is 5.82 Å². The van der Waals surface area contributed by atoms with E-state index in [9.17, 15) is 15.3 Å². The van der Waals surface area contributed by atoms with Crippen molar-refractivity contribution in [2.45, 2.75) is 24.1 Å². The lowest BCUT2D eigenvalue weighted by Crippen LogP contribution is -2.23. The molecule has 0 aromatic carbocycles. The molecular formula is C11H12N4O3S. The Morgan fingerprint density at radius 2 is 2.16 bits per heavy atom. The van der Waals surface area contributed by atoms with E-state index in [0.717, 1.165) is 4.90 Å². The van der Waals surface area contributed by atoms with Gasteiger partial charge in [0.1, 0.15) is 6.20 Å². The molecule has 2 aromatic heterocycles. The summed E-state index contributed by atoms with van der Waals surface area (Å²) in [5.74, 6) is 1.17. The Kier molecular flexibility index (Phi) is 4.00. The lowest BCUT2D eigenvalue weighted by Gasteiger charge is -2.02. The number of rotatable bonds is 5. The Hall–Kier alpha value is -2.09. The molecule has 19 heavy (non-hydrogen) atoms. The quantitative estimate of drug-likeness (QED) is 0.274. The van der Waals surface area contributed by atoms with Gasteiger partial charge in [0.05, 0.1) is 12.3 Å². The van der Waals surface area contributed by atoms with Crippen LogP contribution in [0, 0.1) is 15.3 Å². The van der Waals surface area contributed by atoms with E-state index in [0.29, 0.717) is 22.9 Å². The maximum atomic E-state index is 10.9. The predicted molar refractivity (Wildman–Crippen MR) is 69.5 cm³/mol. The maximum Gasteiger partial charge on any atom is 0.342 e. The minimum Gasteiger partial charge on any atom is -0.619 e.